The largest absolute Gasteiger partial charge is 0.454 e. The van der Waals surface area contributed by atoms with Crippen LogP contribution in [0.4, 0.5) is 4.39 Å². The molecular formula is C24H24FNO3. The summed E-state index contributed by atoms with van der Waals surface area (Å²) in [5, 5.41) is 9.55. The Morgan fingerprint density at radius 3 is 2.52 bits per heavy atom. The van der Waals surface area contributed by atoms with Crippen molar-refractivity contribution >= 4 is 5.97 Å². The molecule has 150 valence electrons. The molecule has 0 aromatic heterocycles. The smallest absolute Gasteiger partial charge is 0.311 e. The summed E-state index contributed by atoms with van der Waals surface area (Å²) in [7, 11) is 0. The number of para-hydroxylation sites is 1. The second kappa shape index (κ2) is 8.08. The molecular weight excluding hydrogens is 369 g/mol. The number of carbonyl (C=O) groups is 1. The number of esters is 1. The van der Waals surface area contributed by atoms with Crippen LogP contribution in [0.25, 0.3) is 0 Å². The van der Waals surface area contributed by atoms with Crippen molar-refractivity contribution in [3.63, 3.8) is 0 Å². The molecule has 1 aliphatic rings. The normalized spacial score (nSPS) is 20.1. The Morgan fingerprint density at radius 2 is 1.90 bits per heavy atom. The maximum atomic E-state index is 14.2. The summed E-state index contributed by atoms with van der Waals surface area (Å²) in [6.07, 6.45) is 0.932. The molecule has 5 heteroatoms. The van der Waals surface area contributed by atoms with E-state index in [0.717, 1.165) is 5.57 Å². The summed E-state index contributed by atoms with van der Waals surface area (Å²) in [6.45, 7) is 7.99. The van der Waals surface area contributed by atoms with Crippen molar-refractivity contribution in [2.45, 2.75) is 33.8 Å². The molecule has 1 unspecified atom stereocenters. The van der Waals surface area contributed by atoms with E-state index < -0.39 is 17.9 Å². The molecule has 0 amide bonds. The number of carbonyl (C=O) groups excluding carboxylic acids is 1. The summed E-state index contributed by atoms with van der Waals surface area (Å²) in [4.78, 5) is 12.7. The maximum Gasteiger partial charge on any atom is 0.311 e. The van der Waals surface area contributed by atoms with Crippen molar-refractivity contribution in [1.82, 2.24) is 0 Å². The van der Waals surface area contributed by atoms with Crippen molar-refractivity contribution < 1.29 is 18.7 Å². The molecule has 2 aromatic carbocycles. The lowest BCUT2D eigenvalue weighted by atomic mass is 10.1. The minimum atomic E-state index is -1.13. The zero-order valence-corrected chi connectivity index (χ0v) is 17.0. The summed E-state index contributed by atoms with van der Waals surface area (Å²) < 4.78 is 25.2. The Kier molecular flexibility index (Phi) is 5.74. The predicted molar refractivity (Wildman–Crippen MR) is 108 cm³/mol. The van der Waals surface area contributed by atoms with Gasteiger partial charge in [-0.2, -0.15) is 5.26 Å². The van der Waals surface area contributed by atoms with Gasteiger partial charge in [0.05, 0.1) is 5.92 Å². The van der Waals surface area contributed by atoms with Gasteiger partial charge in [-0.3, -0.25) is 4.79 Å². The van der Waals surface area contributed by atoms with E-state index in [1.165, 1.54) is 18.2 Å². The summed E-state index contributed by atoms with van der Waals surface area (Å²) in [5.41, 5.74) is 1.29. The van der Waals surface area contributed by atoms with Gasteiger partial charge >= 0.3 is 5.97 Å². The van der Waals surface area contributed by atoms with Crippen LogP contribution < -0.4 is 4.74 Å². The summed E-state index contributed by atoms with van der Waals surface area (Å²) in [5.74, 6) is -0.748. The van der Waals surface area contributed by atoms with Crippen LogP contribution in [-0.4, -0.2) is 5.97 Å². The van der Waals surface area contributed by atoms with E-state index in [1.54, 1.807) is 24.3 Å². The first-order valence-corrected chi connectivity index (χ1v) is 9.51. The fourth-order valence-electron chi connectivity index (χ4n) is 3.53. The Labute approximate surface area is 170 Å². The van der Waals surface area contributed by atoms with Crippen LogP contribution in [0.2, 0.25) is 0 Å². The van der Waals surface area contributed by atoms with Crippen molar-refractivity contribution in [2.75, 3.05) is 0 Å². The molecule has 0 spiro atoms. The highest BCUT2D eigenvalue weighted by molar-refractivity contribution is 5.78. The Morgan fingerprint density at radius 1 is 1.21 bits per heavy atom. The lowest BCUT2D eigenvalue weighted by Crippen LogP contribution is -2.14. The molecule has 1 saturated carbocycles. The van der Waals surface area contributed by atoms with Gasteiger partial charge in [0.2, 0.25) is 6.10 Å². The molecule has 0 saturated heterocycles. The Hall–Kier alpha value is -3.13. The van der Waals surface area contributed by atoms with Gasteiger partial charge in [0.15, 0.2) is 11.6 Å². The van der Waals surface area contributed by atoms with Crippen LogP contribution in [0.15, 0.2) is 60.2 Å². The van der Waals surface area contributed by atoms with Crippen LogP contribution in [0.1, 0.15) is 39.4 Å². The molecule has 4 nitrogen and oxygen atoms in total. The molecule has 0 aliphatic heterocycles. The van der Waals surface area contributed by atoms with E-state index in [2.05, 4.69) is 6.08 Å². The average molecular weight is 393 g/mol. The summed E-state index contributed by atoms with van der Waals surface area (Å²) in [6, 6.07) is 14.8. The monoisotopic (exact) mass is 393 g/mol. The number of ether oxygens (including phenoxy) is 2. The first kappa shape index (κ1) is 20.6. The minimum Gasteiger partial charge on any atom is -0.454 e. The lowest BCUT2D eigenvalue weighted by Gasteiger charge is -2.14. The first-order valence-electron chi connectivity index (χ1n) is 9.51. The standard InChI is InChI=1S/C24H24FNO3/c1-15(2)12-18-22(24(18,3)4)23(27)29-21(14-26)16-10-11-19(25)20(13-16)28-17-8-6-5-7-9-17/h5-13,18,21-22H,1-4H3/t18?,21-,22+/m1/s1. The van der Waals surface area contributed by atoms with Crippen LogP contribution in [0.3, 0.4) is 0 Å². The van der Waals surface area contributed by atoms with Gasteiger partial charge in [-0.15, -0.1) is 0 Å². The van der Waals surface area contributed by atoms with Crippen LogP contribution in [0, 0.1) is 34.4 Å². The Bertz CT molecular complexity index is 971. The highest BCUT2D eigenvalue weighted by Crippen LogP contribution is 2.60. The maximum absolute atomic E-state index is 14.2. The van der Waals surface area contributed by atoms with E-state index >= 15 is 0 Å². The van der Waals surface area contributed by atoms with Crippen LogP contribution >= 0.6 is 0 Å². The third kappa shape index (κ3) is 4.48. The second-order valence-corrected chi connectivity index (χ2v) is 8.12. The number of nitriles is 1. The quantitative estimate of drug-likeness (QED) is 0.448. The molecule has 3 atom stereocenters. The molecule has 0 heterocycles. The molecule has 2 aromatic rings. The molecule has 1 fully saturated rings. The van der Waals surface area contributed by atoms with Gasteiger partial charge in [-0.1, -0.05) is 49.8 Å². The van der Waals surface area contributed by atoms with E-state index in [9.17, 15) is 14.4 Å². The van der Waals surface area contributed by atoms with Crippen LogP contribution in [0.5, 0.6) is 11.5 Å². The third-order valence-electron chi connectivity index (χ3n) is 5.26. The Balaban J connectivity index is 1.77. The van der Waals surface area contributed by atoms with Crippen molar-refractivity contribution in [3.8, 4) is 17.6 Å². The molecule has 1 aliphatic carbocycles. The fourth-order valence-corrected chi connectivity index (χ4v) is 3.53. The number of rotatable bonds is 6. The van der Waals surface area contributed by atoms with Crippen molar-refractivity contribution in [1.29, 1.82) is 5.26 Å². The number of allylic oxidation sites excluding steroid dienone is 2. The number of halogens is 1. The molecule has 29 heavy (non-hydrogen) atoms. The number of hydrogen-bond donors (Lipinski definition) is 0. The van der Waals surface area contributed by atoms with E-state index in [0.29, 0.717) is 11.3 Å². The summed E-state index contributed by atoms with van der Waals surface area (Å²) >= 11 is 0. The number of nitrogens with zero attached hydrogens (tertiary/aromatic N) is 1. The minimum absolute atomic E-state index is 0.0285. The SMILES string of the molecule is CC(C)=CC1[C@@H](C(=O)O[C@H](C#N)c2ccc(F)c(Oc3ccccc3)c2)C1(C)C. The van der Waals surface area contributed by atoms with Crippen LogP contribution in [-0.2, 0) is 9.53 Å². The highest BCUT2D eigenvalue weighted by Gasteiger charge is 2.61. The van der Waals surface area contributed by atoms with Crippen molar-refractivity contribution in [2.24, 2.45) is 17.3 Å². The number of benzene rings is 2. The highest BCUT2D eigenvalue weighted by atomic mass is 19.1. The zero-order valence-electron chi connectivity index (χ0n) is 17.0. The zero-order chi connectivity index (χ0) is 21.2. The first-order chi connectivity index (χ1) is 13.7. The van der Waals surface area contributed by atoms with Gasteiger partial charge in [-0.25, -0.2) is 4.39 Å². The molecule has 3 rings (SSSR count). The second-order valence-electron chi connectivity index (χ2n) is 8.12. The molecule has 0 N–H and O–H groups in total. The van der Waals surface area contributed by atoms with E-state index in [4.69, 9.17) is 9.47 Å². The van der Waals surface area contributed by atoms with Gasteiger partial charge in [0.25, 0.3) is 0 Å². The third-order valence-corrected chi connectivity index (χ3v) is 5.26. The molecule has 0 radical (unpaired) electrons. The number of hydrogen-bond acceptors (Lipinski definition) is 4. The predicted octanol–water partition coefficient (Wildman–Crippen LogP) is 5.96. The lowest BCUT2D eigenvalue weighted by molar-refractivity contribution is -0.149. The van der Waals surface area contributed by atoms with E-state index in [-0.39, 0.29) is 23.0 Å². The topological polar surface area (TPSA) is 59.3 Å². The van der Waals surface area contributed by atoms with E-state index in [1.807, 2.05) is 39.8 Å². The van der Waals surface area contributed by atoms with Gasteiger partial charge < -0.3 is 9.47 Å². The van der Waals surface area contributed by atoms with Crippen molar-refractivity contribution in [3.05, 3.63) is 71.6 Å². The van der Waals surface area contributed by atoms with Gasteiger partial charge in [-0.05, 0) is 49.4 Å². The fraction of sp³-hybridized carbons (Fsp3) is 0.333. The van der Waals surface area contributed by atoms with Gasteiger partial charge in [0, 0.05) is 5.56 Å². The van der Waals surface area contributed by atoms with Gasteiger partial charge in [0.1, 0.15) is 11.8 Å². The average Bonchev–Trinajstić information content (AvgIpc) is 3.21. The molecule has 0 bridgehead atoms.